The van der Waals surface area contributed by atoms with Crippen LogP contribution in [0.25, 0.3) is 5.69 Å². The fourth-order valence-corrected chi connectivity index (χ4v) is 5.05. The molecule has 0 aliphatic carbocycles. The summed E-state index contributed by atoms with van der Waals surface area (Å²) in [4.78, 5) is 9.39. The van der Waals surface area contributed by atoms with Crippen LogP contribution in [0.2, 0.25) is 5.02 Å². The third-order valence-electron chi connectivity index (χ3n) is 6.13. The van der Waals surface area contributed by atoms with Gasteiger partial charge in [-0.25, -0.2) is 0 Å². The molecule has 2 aromatic heterocycles. The summed E-state index contributed by atoms with van der Waals surface area (Å²) < 4.78 is 7.70. The monoisotopic (exact) mass is 467 g/mol. The number of aromatic nitrogens is 2. The predicted octanol–water partition coefficient (Wildman–Crippen LogP) is 3.83. The topological polar surface area (TPSA) is 45.6 Å². The van der Waals surface area contributed by atoms with Crippen molar-refractivity contribution in [3.8, 4) is 5.69 Å². The van der Waals surface area contributed by atoms with Gasteiger partial charge in [0.2, 0.25) is 0 Å². The van der Waals surface area contributed by atoms with E-state index in [1.54, 1.807) is 0 Å². The summed E-state index contributed by atoms with van der Waals surface area (Å²) in [6.45, 7) is 5.28. The predicted molar refractivity (Wildman–Crippen MR) is 130 cm³/mol. The van der Waals surface area contributed by atoms with Crippen molar-refractivity contribution < 1.29 is 4.74 Å². The maximum atomic E-state index is 6.30. The Bertz CT molecular complexity index is 1070. The fourth-order valence-electron chi connectivity index (χ4n) is 4.54. The summed E-state index contributed by atoms with van der Waals surface area (Å²) in [5.74, 6) is 0. The van der Waals surface area contributed by atoms with Gasteiger partial charge in [0.05, 0.1) is 31.0 Å². The van der Waals surface area contributed by atoms with E-state index in [0.717, 1.165) is 61.6 Å². The van der Waals surface area contributed by atoms with E-state index in [1.165, 1.54) is 0 Å². The molecule has 8 heteroatoms. The van der Waals surface area contributed by atoms with E-state index in [2.05, 4.69) is 55.1 Å². The number of rotatable bonds is 6. The van der Waals surface area contributed by atoms with E-state index in [0.29, 0.717) is 5.02 Å². The van der Waals surface area contributed by atoms with Gasteiger partial charge < -0.3 is 19.5 Å². The number of pyridine rings is 1. The molecular weight excluding hydrogens is 442 g/mol. The van der Waals surface area contributed by atoms with Crippen LogP contribution in [0.3, 0.4) is 0 Å². The first-order valence-electron chi connectivity index (χ1n) is 10.9. The normalized spacial score (nSPS) is 21.7. The van der Waals surface area contributed by atoms with Gasteiger partial charge in [-0.05, 0) is 54.7 Å². The van der Waals surface area contributed by atoms with Crippen LogP contribution in [0.4, 0.5) is 0 Å². The molecule has 4 heterocycles. The number of hydrogen-bond acceptors (Lipinski definition) is 4. The SMILES string of the molecule is S=C1N[C@@H](c2ccccn2)[C@H](c2cccn2-c2cccc(Cl)c2)N1CCN1CCOCC1. The van der Waals surface area contributed by atoms with Crippen molar-refractivity contribution in [1.29, 1.82) is 0 Å². The third kappa shape index (κ3) is 4.38. The molecule has 32 heavy (non-hydrogen) atoms. The molecule has 0 bridgehead atoms. The molecule has 2 aliphatic heterocycles. The van der Waals surface area contributed by atoms with Gasteiger partial charge in [0.25, 0.3) is 0 Å². The lowest BCUT2D eigenvalue weighted by atomic mass is 10.0. The molecule has 3 aromatic rings. The Labute approximate surface area is 198 Å². The molecule has 0 radical (unpaired) electrons. The van der Waals surface area contributed by atoms with E-state index in [-0.39, 0.29) is 12.1 Å². The van der Waals surface area contributed by atoms with Crippen LogP contribution in [0.1, 0.15) is 23.5 Å². The second-order valence-corrected chi connectivity index (χ2v) is 8.88. The van der Waals surface area contributed by atoms with Crippen molar-refractivity contribution in [2.75, 3.05) is 39.4 Å². The van der Waals surface area contributed by atoms with Crippen LogP contribution in [-0.4, -0.2) is 63.9 Å². The molecule has 2 atom stereocenters. The molecular formula is C24H26ClN5OS. The molecule has 2 saturated heterocycles. The summed E-state index contributed by atoms with van der Waals surface area (Å²) in [6.07, 6.45) is 3.92. The highest BCUT2D eigenvalue weighted by Crippen LogP contribution is 2.39. The van der Waals surface area contributed by atoms with Gasteiger partial charge in [0.1, 0.15) is 0 Å². The minimum absolute atomic E-state index is 0.00687. The number of halogens is 1. The summed E-state index contributed by atoms with van der Waals surface area (Å²) in [6, 6.07) is 18.2. The van der Waals surface area contributed by atoms with Gasteiger partial charge in [-0.15, -0.1) is 0 Å². The van der Waals surface area contributed by atoms with Crippen molar-refractivity contribution in [2.24, 2.45) is 0 Å². The van der Waals surface area contributed by atoms with E-state index in [9.17, 15) is 0 Å². The number of ether oxygens (including phenoxy) is 1. The fraction of sp³-hybridized carbons (Fsp3) is 0.333. The van der Waals surface area contributed by atoms with Crippen molar-refractivity contribution in [2.45, 2.75) is 12.1 Å². The Morgan fingerprint density at radius 3 is 2.72 bits per heavy atom. The molecule has 0 unspecified atom stereocenters. The smallest absolute Gasteiger partial charge is 0.170 e. The van der Waals surface area contributed by atoms with Crippen LogP contribution >= 0.6 is 23.8 Å². The van der Waals surface area contributed by atoms with Crippen LogP contribution in [0.5, 0.6) is 0 Å². The van der Waals surface area contributed by atoms with Gasteiger partial charge in [0.15, 0.2) is 5.11 Å². The van der Waals surface area contributed by atoms with Crippen LogP contribution < -0.4 is 5.32 Å². The number of hydrogen-bond donors (Lipinski definition) is 1. The van der Waals surface area contributed by atoms with Crippen molar-refractivity contribution in [3.63, 3.8) is 0 Å². The molecule has 0 saturated carbocycles. The quantitative estimate of drug-likeness (QED) is 0.556. The summed E-state index contributed by atoms with van der Waals surface area (Å²) in [5, 5.41) is 5.03. The van der Waals surface area contributed by atoms with Crippen molar-refractivity contribution in [1.82, 2.24) is 24.7 Å². The van der Waals surface area contributed by atoms with E-state index in [1.807, 2.05) is 36.5 Å². The Morgan fingerprint density at radius 2 is 1.94 bits per heavy atom. The molecule has 1 N–H and O–H groups in total. The third-order valence-corrected chi connectivity index (χ3v) is 6.72. The van der Waals surface area contributed by atoms with E-state index < -0.39 is 0 Å². The number of nitrogens with zero attached hydrogens (tertiary/aromatic N) is 4. The molecule has 166 valence electrons. The Balaban J connectivity index is 1.50. The second kappa shape index (κ2) is 9.58. The van der Waals surface area contributed by atoms with Gasteiger partial charge in [-0.3, -0.25) is 9.88 Å². The molecule has 0 spiro atoms. The Kier molecular flexibility index (Phi) is 6.41. The summed E-state index contributed by atoms with van der Waals surface area (Å²) in [7, 11) is 0. The highest BCUT2D eigenvalue weighted by atomic mass is 35.5. The number of thiocarbonyl (C=S) groups is 1. The van der Waals surface area contributed by atoms with E-state index in [4.69, 9.17) is 28.6 Å². The van der Waals surface area contributed by atoms with Gasteiger partial charge in [-0.1, -0.05) is 23.7 Å². The average Bonchev–Trinajstić information content (AvgIpc) is 3.43. The molecule has 2 fully saturated rings. The van der Waals surface area contributed by atoms with Crippen LogP contribution in [-0.2, 0) is 4.74 Å². The van der Waals surface area contributed by atoms with Crippen molar-refractivity contribution >= 4 is 28.9 Å². The Hall–Kier alpha value is -2.45. The standard InChI is InChI=1S/C24H26ClN5OS/c25-18-5-3-6-19(17-18)29-10-4-8-21(29)23-22(20-7-1-2-9-26-20)27-24(32)30(23)12-11-28-13-15-31-16-14-28/h1-10,17,22-23H,11-16H2,(H,27,32)/t22-,23-/m0/s1. The average molecular weight is 468 g/mol. The Morgan fingerprint density at radius 1 is 1.06 bits per heavy atom. The highest BCUT2D eigenvalue weighted by molar-refractivity contribution is 7.80. The minimum atomic E-state index is -0.0405. The molecule has 1 aromatic carbocycles. The lowest BCUT2D eigenvalue weighted by Crippen LogP contribution is -2.42. The first kappa shape index (κ1) is 21.4. The molecule has 6 nitrogen and oxygen atoms in total. The van der Waals surface area contributed by atoms with Crippen LogP contribution in [0.15, 0.2) is 67.0 Å². The number of benzene rings is 1. The molecule has 2 aliphatic rings. The zero-order valence-corrected chi connectivity index (χ0v) is 19.3. The molecule has 0 amide bonds. The lowest BCUT2D eigenvalue weighted by Gasteiger charge is -2.32. The molecule has 5 rings (SSSR count). The van der Waals surface area contributed by atoms with E-state index >= 15 is 0 Å². The van der Waals surface area contributed by atoms with Crippen LogP contribution in [0, 0.1) is 0 Å². The maximum absolute atomic E-state index is 6.30. The largest absolute Gasteiger partial charge is 0.379 e. The zero-order valence-electron chi connectivity index (χ0n) is 17.7. The first-order chi connectivity index (χ1) is 15.7. The van der Waals surface area contributed by atoms with Gasteiger partial charge in [-0.2, -0.15) is 0 Å². The minimum Gasteiger partial charge on any atom is -0.379 e. The summed E-state index contributed by atoms with van der Waals surface area (Å²) in [5.41, 5.74) is 3.16. The second-order valence-electron chi connectivity index (χ2n) is 8.06. The number of morpholine rings is 1. The highest BCUT2D eigenvalue weighted by Gasteiger charge is 2.41. The summed E-state index contributed by atoms with van der Waals surface area (Å²) >= 11 is 12.1. The zero-order chi connectivity index (χ0) is 21.9. The maximum Gasteiger partial charge on any atom is 0.170 e. The first-order valence-corrected chi connectivity index (χ1v) is 11.7. The van der Waals surface area contributed by atoms with Gasteiger partial charge >= 0.3 is 0 Å². The van der Waals surface area contributed by atoms with Gasteiger partial charge in [0, 0.05) is 55.0 Å². The number of nitrogens with one attached hydrogen (secondary N) is 1. The lowest BCUT2D eigenvalue weighted by molar-refractivity contribution is 0.0349. The van der Waals surface area contributed by atoms with Crippen molar-refractivity contribution in [3.05, 3.63) is 83.4 Å².